The third-order valence-electron chi connectivity index (χ3n) is 4.30. The molecule has 1 aromatic heterocycles. The summed E-state index contributed by atoms with van der Waals surface area (Å²) in [5.41, 5.74) is 1.94. The van der Waals surface area contributed by atoms with Gasteiger partial charge in [-0.3, -0.25) is 9.59 Å². The molecule has 3 aromatic rings. The molecule has 1 unspecified atom stereocenters. The third kappa shape index (κ3) is 4.41. The lowest BCUT2D eigenvalue weighted by Gasteiger charge is -2.16. The second-order valence-corrected chi connectivity index (χ2v) is 7.04. The highest BCUT2D eigenvalue weighted by molar-refractivity contribution is 6.36. The van der Waals surface area contributed by atoms with Crippen LogP contribution in [0.2, 0.25) is 10.0 Å². The molecule has 27 heavy (non-hydrogen) atoms. The fraction of sp³-hybridized carbons (Fsp3) is 0.143. The van der Waals surface area contributed by atoms with Crippen LogP contribution in [0.4, 0.5) is 0 Å². The number of H-pyrrole nitrogens is 1. The Kier molecular flexibility index (Phi) is 5.99. The molecule has 0 aliphatic heterocycles. The van der Waals surface area contributed by atoms with E-state index in [1.54, 1.807) is 24.3 Å². The Morgan fingerprint density at radius 3 is 2.30 bits per heavy atom. The van der Waals surface area contributed by atoms with Gasteiger partial charge in [0, 0.05) is 28.2 Å². The monoisotopic (exact) mass is 400 g/mol. The van der Waals surface area contributed by atoms with Crippen molar-refractivity contribution in [2.45, 2.75) is 12.8 Å². The fourth-order valence-corrected chi connectivity index (χ4v) is 3.63. The highest BCUT2D eigenvalue weighted by Crippen LogP contribution is 2.30. The molecule has 0 saturated carbocycles. The van der Waals surface area contributed by atoms with Gasteiger partial charge in [-0.05, 0) is 35.4 Å². The maximum Gasteiger partial charge on any atom is 0.261 e. The van der Waals surface area contributed by atoms with Crippen LogP contribution in [0, 0.1) is 0 Å². The van der Waals surface area contributed by atoms with E-state index in [1.165, 1.54) is 6.07 Å². The summed E-state index contributed by atoms with van der Waals surface area (Å²) in [5, 5.41) is 3.88. The molecule has 1 atom stereocenters. The first-order valence-electron chi connectivity index (χ1n) is 8.48. The van der Waals surface area contributed by atoms with Gasteiger partial charge in [0.15, 0.2) is 0 Å². The highest BCUT2D eigenvalue weighted by atomic mass is 35.5. The van der Waals surface area contributed by atoms with Crippen molar-refractivity contribution in [3.8, 4) is 11.3 Å². The van der Waals surface area contributed by atoms with Crippen LogP contribution in [0.15, 0.2) is 65.5 Å². The van der Waals surface area contributed by atoms with E-state index in [1.807, 2.05) is 37.3 Å². The first-order chi connectivity index (χ1) is 13.0. The number of aromatic nitrogens is 1. The van der Waals surface area contributed by atoms with E-state index >= 15 is 0 Å². The van der Waals surface area contributed by atoms with Gasteiger partial charge in [0.2, 0.25) is 0 Å². The summed E-state index contributed by atoms with van der Waals surface area (Å²) in [6.45, 7) is 2.22. The second kappa shape index (κ2) is 8.42. The number of aromatic amines is 1. The summed E-state index contributed by atoms with van der Waals surface area (Å²) in [7, 11) is 0. The summed E-state index contributed by atoms with van der Waals surface area (Å²) in [4.78, 5) is 27.5. The minimum Gasteiger partial charge on any atom is -0.351 e. The molecular weight excluding hydrogens is 383 g/mol. The lowest BCUT2D eigenvalue weighted by atomic mass is 10.0. The van der Waals surface area contributed by atoms with Crippen molar-refractivity contribution in [1.82, 2.24) is 10.3 Å². The van der Waals surface area contributed by atoms with Crippen LogP contribution in [0.25, 0.3) is 11.3 Å². The molecule has 0 radical (unpaired) electrons. The number of halogens is 2. The summed E-state index contributed by atoms with van der Waals surface area (Å²) in [6, 6.07) is 18.0. The molecule has 2 N–H and O–H groups in total. The number of amides is 1. The van der Waals surface area contributed by atoms with Crippen LogP contribution >= 0.6 is 23.2 Å². The second-order valence-electron chi connectivity index (χ2n) is 6.23. The van der Waals surface area contributed by atoms with Crippen molar-refractivity contribution >= 4 is 29.1 Å². The van der Waals surface area contributed by atoms with Crippen molar-refractivity contribution in [2.24, 2.45) is 0 Å². The topological polar surface area (TPSA) is 62.0 Å². The van der Waals surface area contributed by atoms with Crippen LogP contribution in [0.5, 0.6) is 0 Å². The Hall–Kier alpha value is -2.56. The Morgan fingerprint density at radius 1 is 1.00 bits per heavy atom. The Morgan fingerprint density at radius 2 is 1.67 bits per heavy atom. The fourth-order valence-electron chi connectivity index (χ4n) is 2.86. The maximum absolute atomic E-state index is 12.4. The Balaban J connectivity index is 1.72. The Bertz CT molecular complexity index is 996. The summed E-state index contributed by atoms with van der Waals surface area (Å²) < 4.78 is 0. The van der Waals surface area contributed by atoms with Crippen molar-refractivity contribution in [1.29, 1.82) is 0 Å². The molecule has 138 valence electrons. The van der Waals surface area contributed by atoms with Crippen LogP contribution in [0.3, 0.4) is 0 Å². The molecule has 0 aliphatic carbocycles. The Labute approximate surface area is 167 Å². The summed E-state index contributed by atoms with van der Waals surface area (Å²) in [6.07, 6.45) is 0. The van der Waals surface area contributed by atoms with E-state index < -0.39 is 11.5 Å². The van der Waals surface area contributed by atoms with E-state index in [-0.39, 0.29) is 11.5 Å². The molecule has 0 fully saturated rings. The van der Waals surface area contributed by atoms with Gasteiger partial charge in [-0.1, -0.05) is 66.5 Å². The molecule has 2 aromatic carbocycles. The van der Waals surface area contributed by atoms with Gasteiger partial charge in [-0.25, -0.2) is 0 Å². The van der Waals surface area contributed by atoms with E-state index in [2.05, 4.69) is 10.3 Å². The number of benzene rings is 2. The zero-order chi connectivity index (χ0) is 19.4. The number of pyridine rings is 1. The first kappa shape index (κ1) is 19.2. The smallest absolute Gasteiger partial charge is 0.261 e. The van der Waals surface area contributed by atoms with Crippen LogP contribution in [0.1, 0.15) is 28.8 Å². The highest BCUT2D eigenvalue weighted by Gasteiger charge is 2.16. The first-order valence-corrected chi connectivity index (χ1v) is 9.24. The summed E-state index contributed by atoms with van der Waals surface area (Å²) in [5.74, 6) is -0.538. The molecule has 3 rings (SSSR count). The van der Waals surface area contributed by atoms with Gasteiger partial charge in [0.05, 0.1) is 0 Å². The molecule has 0 saturated heterocycles. The van der Waals surface area contributed by atoms with Gasteiger partial charge in [0.25, 0.3) is 11.5 Å². The van der Waals surface area contributed by atoms with Crippen molar-refractivity contribution < 1.29 is 4.79 Å². The molecule has 0 aliphatic rings. The number of hydrogen-bond acceptors (Lipinski definition) is 2. The van der Waals surface area contributed by atoms with Crippen molar-refractivity contribution in [3.05, 3.63) is 92.2 Å². The van der Waals surface area contributed by atoms with E-state index in [0.29, 0.717) is 22.3 Å². The molecule has 0 bridgehead atoms. The summed E-state index contributed by atoms with van der Waals surface area (Å²) >= 11 is 12.4. The molecule has 1 amide bonds. The van der Waals surface area contributed by atoms with Gasteiger partial charge in [0.1, 0.15) is 5.56 Å². The molecule has 4 nitrogen and oxygen atoms in total. The van der Waals surface area contributed by atoms with Gasteiger partial charge >= 0.3 is 0 Å². The zero-order valence-electron chi connectivity index (χ0n) is 14.6. The van der Waals surface area contributed by atoms with Gasteiger partial charge in [-0.15, -0.1) is 0 Å². The van der Waals surface area contributed by atoms with E-state index in [0.717, 1.165) is 11.1 Å². The minimum absolute atomic E-state index is 0.0622. The SMILES string of the molecule is CC(CNC(=O)c1ccc(-c2ccccc2)[nH]c1=O)c1c(Cl)cccc1Cl. The molecule has 0 spiro atoms. The molecule has 6 heteroatoms. The van der Waals surface area contributed by atoms with Crippen molar-refractivity contribution in [2.75, 3.05) is 6.54 Å². The normalized spacial score (nSPS) is 11.8. The van der Waals surface area contributed by atoms with Crippen LogP contribution in [-0.2, 0) is 0 Å². The van der Waals surface area contributed by atoms with Gasteiger partial charge in [-0.2, -0.15) is 0 Å². The van der Waals surface area contributed by atoms with Crippen molar-refractivity contribution in [3.63, 3.8) is 0 Å². The standard InChI is InChI=1S/C21H18Cl2N2O2/c1-13(19-16(22)8-5-9-17(19)23)12-24-20(26)15-10-11-18(25-21(15)27)14-6-3-2-4-7-14/h2-11,13H,12H2,1H3,(H,24,26)(H,25,27). The predicted octanol–water partition coefficient (Wildman–Crippen LogP) is 4.88. The average Bonchev–Trinajstić information content (AvgIpc) is 2.66. The van der Waals surface area contributed by atoms with E-state index in [9.17, 15) is 9.59 Å². The van der Waals surface area contributed by atoms with Crippen LogP contribution in [-0.4, -0.2) is 17.4 Å². The molecule has 1 heterocycles. The van der Waals surface area contributed by atoms with Crippen LogP contribution < -0.4 is 10.9 Å². The lowest BCUT2D eigenvalue weighted by molar-refractivity contribution is 0.0950. The maximum atomic E-state index is 12.4. The predicted molar refractivity (Wildman–Crippen MR) is 110 cm³/mol. The number of carbonyl (C=O) groups is 1. The number of rotatable bonds is 5. The quantitative estimate of drug-likeness (QED) is 0.640. The number of nitrogens with one attached hydrogen (secondary N) is 2. The minimum atomic E-state index is -0.439. The largest absolute Gasteiger partial charge is 0.351 e. The molecular formula is C21H18Cl2N2O2. The zero-order valence-corrected chi connectivity index (χ0v) is 16.1. The van der Waals surface area contributed by atoms with Gasteiger partial charge < -0.3 is 10.3 Å². The lowest BCUT2D eigenvalue weighted by Crippen LogP contribution is -2.32. The average molecular weight is 401 g/mol. The third-order valence-corrected chi connectivity index (χ3v) is 4.96. The van der Waals surface area contributed by atoms with E-state index in [4.69, 9.17) is 23.2 Å². The number of hydrogen-bond donors (Lipinski definition) is 2. The number of carbonyl (C=O) groups excluding carboxylic acids is 1.